The number of para-hydroxylation sites is 1. The first-order chi connectivity index (χ1) is 14.2. The third-order valence-corrected chi connectivity index (χ3v) is 6.99. The highest BCUT2D eigenvalue weighted by atomic mass is 35.5. The topological polar surface area (TPSA) is 84.5 Å². The van der Waals surface area contributed by atoms with Crippen LogP contribution in [0.1, 0.15) is 12.0 Å². The Bertz CT molecular complexity index is 971. The van der Waals surface area contributed by atoms with Gasteiger partial charge in [0.05, 0.1) is 11.6 Å². The second-order valence-corrected chi connectivity index (χ2v) is 9.95. The first kappa shape index (κ1) is 24.8. The molecule has 0 spiro atoms. The lowest BCUT2D eigenvalue weighted by molar-refractivity contribution is -0.122. The van der Waals surface area contributed by atoms with Gasteiger partial charge in [0.25, 0.3) is 0 Å². The third kappa shape index (κ3) is 7.35. The van der Waals surface area contributed by atoms with Crippen LogP contribution in [0.3, 0.4) is 0 Å². The van der Waals surface area contributed by atoms with Crippen molar-refractivity contribution in [3.63, 3.8) is 0 Å². The first-order valence-electron chi connectivity index (χ1n) is 9.17. The molecule has 2 N–H and O–H groups in total. The standard InChI is InChI=1S/C20H24Cl2N2O4S2/c1-14-5-3-4-6-18(14)28-11-10-23-20(25)17(9-12-29-2)24-30(26,27)19-13-15(21)7-8-16(19)22/h3-8,13,17,24H,9-12H2,1-2H3,(H,23,25). The van der Waals surface area contributed by atoms with Crippen LogP contribution in [0.2, 0.25) is 10.0 Å². The van der Waals surface area contributed by atoms with Crippen LogP contribution in [-0.4, -0.2) is 45.5 Å². The first-order valence-corrected chi connectivity index (χ1v) is 12.8. The number of nitrogens with one attached hydrogen (secondary N) is 2. The van der Waals surface area contributed by atoms with E-state index in [9.17, 15) is 13.2 Å². The number of thioether (sulfide) groups is 1. The second-order valence-electron chi connectivity index (χ2n) is 6.44. The molecule has 0 fully saturated rings. The summed E-state index contributed by atoms with van der Waals surface area (Å²) in [6.45, 7) is 2.43. The lowest BCUT2D eigenvalue weighted by Crippen LogP contribution is -2.47. The number of halogens is 2. The number of amides is 1. The van der Waals surface area contributed by atoms with Crippen LogP contribution >= 0.6 is 35.0 Å². The molecule has 0 heterocycles. The van der Waals surface area contributed by atoms with Crippen LogP contribution < -0.4 is 14.8 Å². The van der Waals surface area contributed by atoms with Crippen LogP contribution in [0.25, 0.3) is 0 Å². The predicted molar refractivity (Wildman–Crippen MR) is 123 cm³/mol. The van der Waals surface area contributed by atoms with Gasteiger partial charge in [-0.1, -0.05) is 41.4 Å². The van der Waals surface area contributed by atoms with Crippen molar-refractivity contribution in [3.05, 3.63) is 58.1 Å². The van der Waals surface area contributed by atoms with Gasteiger partial charge in [0, 0.05) is 5.02 Å². The summed E-state index contributed by atoms with van der Waals surface area (Å²) in [5.41, 5.74) is 0.993. The van der Waals surface area contributed by atoms with Crippen molar-refractivity contribution in [2.75, 3.05) is 25.2 Å². The van der Waals surface area contributed by atoms with Gasteiger partial charge in [-0.15, -0.1) is 0 Å². The van der Waals surface area contributed by atoms with Crippen molar-refractivity contribution in [1.29, 1.82) is 0 Å². The number of sulfonamides is 1. The fourth-order valence-electron chi connectivity index (χ4n) is 2.59. The van der Waals surface area contributed by atoms with Crippen molar-refractivity contribution in [2.45, 2.75) is 24.3 Å². The van der Waals surface area contributed by atoms with Crippen LogP contribution in [0.15, 0.2) is 47.4 Å². The van der Waals surface area contributed by atoms with Crippen molar-refractivity contribution in [1.82, 2.24) is 10.0 Å². The lowest BCUT2D eigenvalue weighted by Gasteiger charge is -2.19. The van der Waals surface area contributed by atoms with E-state index < -0.39 is 22.0 Å². The van der Waals surface area contributed by atoms with E-state index in [-0.39, 0.29) is 28.1 Å². The number of benzene rings is 2. The molecule has 0 aromatic heterocycles. The summed E-state index contributed by atoms with van der Waals surface area (Å²) in [6.07, 6.45) is 2.20. The molecule has 0 aliphatic rings. The van der Waals surface area contributed by atoms with Gasteiger partial charge < -0.3 is 10.1 Å². The molecule has 2 rings (SSSR count). The summed E-state index contributed by atoms with van der Waals surface area (Å²) >= 11 is 13.4. The molecule has 0 radical (unpaired) electrons. The van der Waals surface area contributed by atoms with E-state index in [0.29, 0.717) is 12.2 Å². The zero-order chi connectivity index (χ0) is 22.1. The summed E-state index contributed by atoms with van der Waals surface area (Å²) < 4.78 is 33.6. The van der Waals surface area contributed by atoms with Crippen LogP contribution in [0.5, 0.6) is 5.75 Å². The normalized spacial score (nSPS) is 12.4. The van der Waals surface area contributed by atoms with E-state index in [1.165, 1.54) is 30.0 Å². The van der Waals surface area contributed by atoms with Gasteiger partial charge in [0.15, 0.2) is 0 Å². The van der Waals surface area contributed by atoms with Gasteiger partial charge in [0.2, 0.25) is 15.9 Å². The monoisotopic (exact) mass is 490 g/mol. The smallest absolute Gasteiger partial charge is 0.242 e. The molecular formula is C20H24Cl2N2O4S2. The zero-order valence-corrected chi connectivity index (χ0v) is 19.8. The Labute approximate surface area is 191 Å². The lowest BCUT2D eigenvalue weighted by atomic mass is 10.2. The summed E-state index contributed by atoms with van der Waals surface area (Å²) in [5.74, 6) is 0.907. The highest BCUT2D eigenvalue weighted by molar-refractivity contribution is 7.98. The van der Waals surface area contributed by atoms with Crippen LogP contribution in [0, 0.1) is 6.92 Å². The minimum absolute atomic E-state index is 0.0301. The molecule has 0 bridgehead atoms. The SMILES string of the molecule is CSCCC(NS(=O)(=O)c1cc(Cl)ccc1Cl)C(=O)NCCOc1ccccc1C. The summed E-state index contributed by atoms with van der Waals surface area (Å²) in [4.78, 5) is 12.5. The fraction of sp³-hybridized carbons (Fsp3) is 0.350. The molecule has 30 heavy (non-hydrogen) atoms. The maximum Gasteiger partial charge on any atom is 0.242 e. The van der Waals surface area contributed by atoms with Gasteiger partial charge >= 0.3 is 0 Å². The van der Waals surface area contributed by atoms with E-state index in [1.54, 1.807) is 0 Å². The Kier molecular flexibility index (Phi) is 9.77. The van der Waals surface area contributed by atoms with Gasteiger partial charge in [0.1, 0.15) is 23.3 Å². The maximum atomic E-state index is 12.8. The average molecular weight is 491 g/mol. The molecule has 2 aromatic rings. The van der Waals surface area contributed by atoms with Crippen molar-refractivity contribution in [2.24, 2.45) is 0 Å². The Morgan fingerprint density at radius 3 is 2.63 bits per heavy atom. The average Bonchev–Trinajstić information content (AvgIpc) is 2.71. The number of aryl methyl sites for hydroxylation is 1. The molecule has 1 atom stereocenters. The van der Waals surface area contributed by atoms with Crippen LogP contribution in [-0.2, 0) is 14.8 Å². The fourth-order valence-corrected chi connectivity index (χ4v) is 5.05. The van der Waals surface area contributed by atoms with Crippen LogP contribution in [0.4, 0.5) is 0 Å². The Morgan fingerprint density at radius 2 is 1.93 bits per heavy atom. The number of hydrogen-bond acceptors (Lipinski definition) is 5. The van der Waals surface area contributed by atoms with E-state index in [1.807, 2.05) is 37.4 Å². The van der Waals surface area contributed by atoms with E-state index >= 15 is 0 Å². The van der Waals surface area contributed by atoms with Gasteiger partial charge in [-0.2, -0.15) is 16.5 Å². The molecular weight excluding hydrogens is 467 g/mol. The number of rotatable bonds is 11. The highest BCUT2D eigenvalue weighted by Crippen LogP contribution is 2.25. The Morgan fingerprint density at radius 1 is 1.20 bits per heavy atom. The summed E-state index contributed by atoms with van der Waals surface area (Å²) in [6, 6.07) is 10.8. The minimum Gasteiger partial charge on any atom is -0.491 e. The molecule has 6 nitrogen and oxygen atoms in total. The zero-order valence-electron chi connectivity index (χ0n) is 16.7. The number of ether oxygens (including phenoxy) is 1. The summed E-state index contributed by atoms with van der Waals surface area (Å²) in [7, 11) is -4.04. The minimum atomic E-state index is -4.04. The second kappa shape index (κ2) is 11.8. The number of hydrogen-bond donors (Lipinski definition) is 2. The van der Waals surface area contributed by atoms with Gasteiger partial charge in [-0.3, -0.25) is 4.79 Å². The molecule has 0 aliphatic carbocycles. The van der Waals surface area contributed by atoms with E-state index in [0.717, 1.165) is 11.3 Å². The maximum absolute atomic E-state index is 12.8. The molecule has 0 saturated heterocycles. The molecule has 164 valence electrons. The molecule has 0 saturated carbocycles. The van der Waals surface area contributed by atoms with E-state index in [4.69, 9.17) is 27.9 Å². The number of carbonyl (C=O) groups is 1. The van der Waals surface area contributed by atoms with Gasteiger partial charge in [-0.25, -0.2) is 8.42 Å². The van der Waals surface area contributed by atoms with E-state index in [2.05, 4.69) is 10.0 Å². The van der Waals surface area contributed by atoms with Crippen molar-refractivity contribution >= 4 is 50.9 Å². The molecule has 0 aliphatic heterocycles. The Balaban J connectivity index is 2.00. The third-order valence-electron chi connectivity index (χ3n) is 4.16. The van der Waals surface area contributed by atoms with Crippen molar-refractivity contribution in [3.8, 4) is 5.75 Å². The largest absolute Gasteiger partial charge is 0.491 e. The molecule has 10 heteroatoms. The molecule has 1 unspecified atom stereocenters. The number of carbonyl (C=O) groups excluding carboxylic acids is 1. The predicted octanol–water partition coefficient (Wildman–Crippen LogP) is 3.90. The van der Waals surface area contributed by atoms with Crippen molar-refractivity contribution < 1.29 is 17.9 Å². The Hall–Kier alpha value is -1.45. The van der Waals surface area contributed by atoms with Gasteiger partial charge in [-0.05, 0) is 55.2 Å². The highest BCUT2D eigenvalue weighted by Gasteiger charge is 2.27. The molecule has 2 aromatic carbocycles. The quantitative estimate of drug-likeness (QED) is 0.466. The molecule has 1 amide bonds. The summed E-state index contributed by atoms with van der Waals surface area (Å²) in [5, 5.41) is 2.99.